The molecule has 0 bridgehead atoms. The molecule has 28 heavy (non-hydrogen) atoms. The SMILES string of the molecule is CCN(CC)CCOc1cccc(/C(=C(/c2ccccc2)C(C)C)C(C)C)c1. The van der Waals surface area contributed by atoms with Gasteiger partial charge in [0.15, 0.2) is 0 Å². The van der Waals surface area contributed by atoms with Crippen LogP contribution in [0.25, 0.3) is 11.1 Å². The zero-order valence-corrected chi connectivity index (χ0v) is 18.5. The van der Waals surface area contributed by atoms with Crippen LogP contribution in [0.2, 0.25) is 0 Å². The van der Waals surface area contributed by atoms with E-state index in [1.807, 2.05) is 0 Å². The maximum atomic E-state index is 6.09. The number of rotatable bonds is 10. The van der Waals surface area contributed by atoms with Crippen molar-refractivity contribution in [3.05, 3.63) is 65.7 Å². The first-order valence-corrected chi connectivity index (χ1v) is 10.7. The lowest BCUT2D eigenvalue weighted by molar-refractivity contribution is 0.223. The molecule has 2 aromatic rings. The number of benzene rings is 2. The number of nitrogens with zero attached hydrogens (tertiary/aromatic N) is 1. The first-order valence-electron chi connectivity index (χ1n) is 10.7. The molecule has 2 nitrogen and oxygen atoms in total. The van der Waals surface area contributed by atoms with Gasteiger partial charge < -0.3 is 9.64 Å². The summed E-state index contributed by atoms with van der Waals surface area (Å²) in [5, 5.41) is 0. The Balaban J connectivity index is 2.36. The van der Waals surface area contributed by atoms with E-state index in [2.05, 4.69) is 101 Å². The van der Waals surface area contributed by atoms with Gasteiger partial charge in [-0.25, -0.2) is 0 Å². The number of ether oxygens (including phenoxy) is 1. The van der Waals surface area contributed by atoms with Gasteiger partial charge in [-0.05, 0) is 59.3 Å². The Morgan fingerprint density at radius 3 is 1.93 bits per heavy atom. The molecular weight excluding hydrogens is 342 g/mol. The molecule has 2 heteroatoms. The van der Waals surface area contributed by atoms with E-state index in [4.69, 9.17) is 4.74 Å². The average Bonchev–Trinajstić information content (AvgIpc) is 2.69. The van der Waals surface area contributed by atoms with E-state index in [1.165, 1.54) is 22.3 Å². The number of hydrogen-bond acceptors (Lipinski definition) is 2. The van der Waals surface area contributed by atoms with Crippen LogP contribution in [0.4, 0.5) is 0 Å². The lowest BCUT2D eigenvalue weighted by Gasteiger charge is -2.23. The fourth-order valence-electron chi connectivity index (χ4n) is 3.80. The normalized spacial score (nSPS) is 12.6. The number of hydrogen-bond donors (Lipinski definition) is 0. The van der Waals surface area contributed by atoms with Crippen molar-refractivity contribution in [2.24, 2.45) is 11.8 Å². The van der Waals surface area contributed by atoms with Gasteiger partial charge in [0.1, 0.15) is 12.4 Å². The highest BCUT2D eigenvalue weighted by Crippen LogP contribution is 2.37. The maximum Gasteiger partial charge on any atom is 0.119 e. The number of allylic oxidation sites excluding steroid dienone is 2. The molecule has 0 saturated carbocycles. The fourth-order valence-corrected chi connectivity index (χ4v) is 3.80. The molecule has 0 aliphatic carbocycles. The van der Waals surface area contributed by atoms with E-state index < -0.39 is 0 Å². The zero-order chi connectivity index (χ0) is 20.5. The molecule has 0 saturated heterocycles. The molecule has 0 aromatic heterocycles. The molecule has 0 spiro atoms. The Bertz CT molecular complexity index is 742. The first kappa shape index (κ1) is 22.2. The summed E-state index contributed by atoms with van der Waals surface area (Å²) in [6.45, 7) is 17.4. The topological polar surface area (TPSA) is 12.5 Å². The third-order valence-electron chi connectivity index (χ3n) is 5.25. The van der Waals surface area contributed by atoms with Gasteiger partial charge in [0.2, 0.25) is 0 Å². The van der Waals surface area contributed by atoms with Crippen molar-refractivity contribution >= 4 is 11.1 Å². The number of likely N-dealkylation sites (N-methyl/N-ethyl adjacent to an activating group) is 1. The van der Waals surface area contributed by atoms with E-state index in [0.29, 0.717) is 11.8 Å². The van der Waals surface area contributed by atoms with Crippen molar-refractivity contribution in [2.75, 3.05) is 26.2 Å². The van der Waals surface area contributed by atoms with Gasteiger partial charge in [-0.15, -0.1) is 0 Å². The second kappa shape index (κ2) is 11.1. The van der Waals surface area contributed by atoms with Crippen molar-refractivity contribution < 1.29 is 4.74 Å². The van der Waals surface area contributed by atoms with Crippen LogP contribution in [-0.2, 0) is 0 Å². The Labute approximate surface area is 172 Å². The molecule has 152 valence electrons. The standard InChI is InChI=1S/C26H37NO/c1-7-27(8-2)17-18-28-24-16-12-15-23(19-24)26(21(5)6)25(20(3)4)22-13-10-9-11-14-22/h9-16,19-21H,7-8,17-18H2,1-6H3/b26-25+. The quantitative estimate of drug-likeness (QED) is 0.430. The summed E-state index contributed by atoms with van der Waals surface area (Å²) in [4.78, 5) is 2.38. The van der Waals surface area contributed by atoms with Crippen LogP contribution in [0.3, 0.4) is 0 Å². The summed E-state index contributed by atoms with van der Waals surface area (Å²) in [5.41, 5.74) is 5.42. The van der Waals surface area contributed by atoms with Crippen molar-refractivity contribution in [3.63, 3.8) is 0 Å². The largest absolute Gasteiger partial charge is 0.492 e. The van der Waals surface area contributed by atoms with E-state index >= 15 is 0 Å². The highest BCUT2D eigenvalue weighted by molar-refractivity contribution is 5.92. The maximum absolute atomic E-state index is 6.09. The summed E-state index contributed by atoms with van der Waals surface area (Å²) >= 11 is 0. The first-order chi connectivity index (χ1) is 13.5. The van der Waals surface area contributed by atoms with E-state index in [9.17, 15) is 0 Å². The zero-order valence-electron chi connectivity index (χ0n) is 18.5. The fraction of sp³-hybridized carbons (Fsp3) is 0.462. The highest BCUT2D eigenvalue weighted by Gasteiger charge is 2.18. The van der Waals surface area contributed by atoms with Gasteiger partial charge in [-0.3, -0.25) is 0 Å². The van der Waals surface area contributed by atoms with Gasteiger partial charge in [0.25, 0.3) is 0 Å². The molecule has 0 aliphatic heterocycles. The van der Waals surface area contributed by atoms with Crippen LogP contribution < -0.4 is 4.74 Å². The molecule has 0 radical (unpaired) electrons. The molecule has 0 unspecified atom stereocenters. The summed E-state index contributed by atoms with van der Waals surface area (Å²) in [7, 11) is 0. The highest BCUT2D eigenvalue weighted by atomic mass is 16.5. The predicted molar refractivity (Wildman–Crippen MR) is 123 cm³/mol. The molecule has 0 atom stereocenters. The Morgan fingerprint density at radius 2 is 1.36 bits per heavy atom. The molecule has 0 aliphatic rings. The lowest BCUT2D eigenvalue weighted by Crippen LogP contribution is -2.27. The molecule has 0 fully saturated rings. The second-order valence-corrected chi connectivity index (χ2v) is 7.91. The summed E-state index contributed by atoms with van der Waals surface area (Å²) < 4.78 is 6.09. The van der Waals surface area contributed by atoms with Gasteiger partial charge in [0, 0.05) is 6.54 Å². The Morgan fingerprint density at radius 1 is 0.786 bits per heavy atom. The molecule has 2 aromatic carbocycles. The van der Waals surface area contributed by atoms with Gasteiger partial charge in [-0.1, -0.05) is 84.0 Å². The van der Waals surface area contributed by atoms with Crippen LogP contribution >= 0.6 is 0 Å². The predicted octanol–water partition coefficient (Wildman–Crippen LogP) is 6.63. The van der Waals surface area contributed by atoms with Gasteiger partial charge in [0.05, 0.1) is 0 Å². The minimum Gasteiger partial charge on any atom is -0.492 e. The van der Waals surface area contributed by atoms with Crippen molar-refractivity contribution in [3.8, 4) is 5.75 Å². The average molecular weight is 380 g/mol. The van der Waals surface area contributed by atoms with Crippen molar-refractivity contribution in [1.29, 1.82) is 0 Å². The third-order valence-corrected chi connectivity index (χ3v) is 5.25. The van der Waals surface area contributed by atoms with Crippen LogP contribution in [0.1, 0.15) is 52.7 Å². The summed E-state index contributed by atoms with van der Waals surface area (Å²) in [5.74, 6) is 1.84. The van der Waals surface area contributed by atoms with Gasteiger partial charge in [-0.2, -0.15) is 0 Å². The molecule has 0 N–H and O–H groups in total. The minimum absolute atomic E-state index is 0.434. The van der Waals surface area contributed by atoms with Crippen LogP contribution in [-0.4, -0.2) is 31.1 Å². The third kappa shape index (κ3) is 5.97. The molecule has 2 rings (SSSR count). The summed E-state index contributed by atoms with van der Waals surface area (Å²) in [6, 6.07) is 19.4. The van der Waals surface area contributed by atoms with E-state index in [-0.39, 0.29) is 0 Å². The van der Waals surface area contributed by atoms with Crippen molar-refractivity contribution in [2.45, 2.75) is 41.5 Å². The minimum atomic E-state index is 0.434. The second-order valence-electron chi connectivity index (χ2n) is 7.91. The smallest absolute Gasteiger partial charge is 0.119 e. The van der Waals surface area contributed by atoms with Crippen molar-refractivity contribution in [1.82, 2.24) is 4.90 Å². The summed E-state index contributed by atoms with van der Waals surface area (Å²) in [6.07, 6.45) is 0. The monoisotopic (exact) mass is 379 g/mol. The molecule has 0 heterocycles. The lowest BCUT2D eigenvalue weighted by atomic mass is 9.82. The van der Waals surface area contributed by atoms with Crippen LogP contribution in [0.15, 0.2) is 54.6 Å². The van der Waals surface area contributed by atoms with Gasteiger partial charge >= 0.3 is 0 Å². The van der Waals surface area contributed by atoms with Crippen LogP contribution in [0.5, 0.6) is 5.75 Å². The Kier molecular flexibility index (Phi) is 8.79. The van der Waals surface area contributed by atoms with E-state index in [1.54, 1.807) is 0 Å². The van der Waals surface area contributed by atoms with E-state index in [0.717, 1.165) is 32.0 Å². The van der Waals surface area contributed by atoms with Crippen LogP contribution in [0, 0.1) is 11.8 Å². The molecule has 0 amide bonds. The molecular formula is C26H37NO. The Hall–Kier alpha value is -2.06.